The predicted octanol–water partition coefficient (Wildman–Crippen LogP) is 1.46. The van der Waals surface area contributed by atoms with Gasteiger partial charge in [-0.2, -0.15) is 0 Å². The molecule has 0 aromatic heterocycles. The number of hydrogen-bond acceptors (Lipinski definition) is 4. The monoisotopic (exact) mass is 341 g/mol. The van der Waals surface area contributed by atoms with Gasteiger partial charge < -0.3 is 24.8 Å². The van der Waals surface area contributed by atoms with Crippen LogP contribution in [0.3, 0.4) is 0 Å². The number of nitrogens with zero attached hydrogens (tertiary/aromatic N) is 4. The lowest BCUT2D eigenvalue weighted by molar-refractivity contribution is 0.0914. The number of carbonyl (C=O) groups is 1. The van der Waals surface area contributed by atoms with E-state index in [1.54, 1.807) is 4.90 Å². The van der Waals surface area contributed by atoms with Crippen LogP contribution >= 0.6 is 0 Å². The first kappa shape index (κ1) is 20.5. The predicted molar refractivity (Wildman–Crippen MR) is 98.5 cm³/mol. The van der Waals surface area contributed by atoms with Crippen molar-refractivity contribution in [3.05, 3.63) is 0 Å². The number of aliphatic imine (C=N–C) groups is 1. The first-order chi connectivity index (χ1) is 11.5. The van der Waals surface area contributed by atoms with Crippen molar-refractivity contribution in [2.24, 2.45) is 4.99 Å². The molecule has 0 spiro atoms. The fourth-order valence-electron chi connectivity index (χ4n) is 2.59. The van der Waals surface area contributed by atoms with Crippen molar-refractivity contribution in [2.45, 2.75) is 40.2 Å². The molecule has 0 aromatic carbocycles. The average molecular weight is 342 g/mol. The molecule has 0 aliphatic carbocycles. The van der Waals surface area contributed by atoms with Gasteiger partial charge in [0.1, 0.15) is 0 Å². The van der Waals surface area contributed by atoms with E-state index in [0.717, 1.165) is 45.1 Å². The molecule has 140 valence electrons. The molecule has 7 heteroatoms. The van der Waals surface area contributed by atoms with Gasteiger partial charge in [0.15, 0.2) is 5.96 Å². The van der Waals surface area contributed by atoms with Gasteiger partial charge in [0.2, 0.25) is 0 Å². The summed E-state index contributed by atoms with van der Waals surface area (Å²) in [6.45, 7) is 14.3. The van der Waals surface area contributed by atoms with E-state index in [9.17, 15) is 4.79 Å². The lowest BCUT2D eigenvalue weighted by Gasteiger charge is -2.36. The fourth-order valence-corrected chi connectivity index (χ4v) is 2.59. The number of hydrogen-bond donors (Lipinski definition) is 1. The molecular formula is C17H35N5O2. The van der Waals surface area contributed by atoms with Gasteiger partial charge in [0.25, 0.3) is 0 Å². The van der Waals surface area contributed by atoms with Gasteiger partial charge in [-0.15, -0.1) is 0 Å². The Hall–Kier alpha value is -1.50. The zero-order valence-electron chi connectivity index (χ0n) is 16.0. The third-order valence-electron chi connectivity index (χ3n) is 4.50. The average Bonchev–Trinajstić information content (AvgIpc) is 2.60. The molecule has 24 heavy (non-hydrogen) atoms. The van der Waals surface area contributed by atoms with Crippen LogP contribution < -0.4 is 5.32 Å². The zero-order valence-corrected chi connectivity index (χ0v) is 16.0. The number of ether oxygens (including phenoxy) is 1. The summed E-state index contributed by atoms with van der Waals surface area (Å²) in [5.41, 5.74) is 0. The maximum Gasteiger partial charge on any atom is 0.409 e. The Bertz CT molecular complexity index is 394. The molecule has 1 N–H and O–H groups in total. The second-order valence-corrected chi connectivity index (χ2v) is 6.15. The van der Waals surface area contributed by atoms with Crippen molar-refractivity contribution in [2.75, 3.05) is 59.5 Å². The van der Waals surface area contributed by atoms with E-state index in [2.05, 4.69) is 42.9 Å². The minimum Gasteiger partial charge on any atom is -0.450 e. The topological polar surface area (TPSA) is 60.4 Å². The smallest absolute Gasteiger partial charge is 0.409 e. The van der Waals surface area contributed by atoms with Crippen LogP contribution in [-0.2, 0) is 4.74 Å². The van der Waals surface area contributed by atoms with Crippen LogP contribution in [0, 0.1) is 0 Å². The Morgan fingerprint density at radius 1 is 1.21 bits per heavy atom. The molecule has 1 rings (SSSR count). The van der Waals surface area contributed by atoms with Gasteiger partial charge in [-0.1, -0.05) is 6.92 Å². The number of amides is 1. The molecule has 0 bridgehead atoms. The Labute approximate surface area is 147 Å². The Balaban J connectivity index is 2.50. The molecule has 1 aliphatic rings. The highest BCUT2D eigenvalue weighted by Crippen LogP contribution is 2.05. The van der Waals surface area contributed by atoms with E-state index in [1.807, 2.05) is 6.92 Å². The van der Waals surface area contributed by atoms with Crippen LogP contribution in [0.25, 0.3) is 0 Å². The van der Waals surface area contributed by atoms with E-state index in [0.29, 0.717) is 25.7 Å². The van der Waals surface area contributed by atoms with Crippen molar-refractivity contribution in [3.8, 4) is 0 Å². The summed E-state index contributed by atoms with van der Waals surface area (Å²) in [6.07, 6.45) is 0.935. The molecule has 0 aromatic rings. The number of piperazine rings is 1. The number of likely N-dealkylation sites (N-methyl/N-ethyl adjacent to an activating group) is 1. The molecule has 1 atom stereocenters. The van der Waals surface area contributed by atoms with E-state index >= 15 is 0 Å². The maximum atomic E-state index is 11.8. The number of nitrogens with one attached hydrogen (secondary N) is 1. The summed E-state index contributed by atoms with van der Waals surface area (Å²) in [4.78, 5) is 22.9. The molecule has 7 nitrogen and oxygen atoms in total. The normalized spacial score (nSPS) is 17.2. The van der Waals surface area contributed by atoms with E-state index < -0.39 is 0 Å². The lowest BCUT2D eigenvalue weighted by Crippen LogP contribution is -2.54. The van der Waals surface area contributed by atoms with E-state index in [4.69, 9.17) is 9.73 Å². The van der Waals surface area contributed by atoms with E-state index in [1.165, 1.54) is 0 Å². The molecule has 1 heterocycles. The van der Waals surface area contributed by atoms with Crippen LogP contribution in [0.4, 0.5) is 4.79 Å². The standard InChI is InChI=1S/C17H35N5O2/c1-6-15(4)20(5)10-9-19-16(18-7-2)21-11-13-22(14-12-21)17(23)24-8-3/h15H,6-14H2,1-5H3,(H,18,19). The first-order valence-corrected chi connectivity index (χ1v) is 9.18. The summed E-state index contributed by atoms with van der Waals surface area (Å²) in [5, 5.41) is 3.36. The van der Waals surface area contributed by atoms with Gasteiger partial charge in [-0.25, -0.2) is 4.79 Å². The van der Waals surface area contributed by atoms with Crippen LogP contribution in [0.2, 0.25) is 0 Å². The molecule has 1 amide bonds. The van der Waals surface area contributed by atoms with Crippen molar-refractivity contribution < 1.29 is 9.53 Å². The Kier molecular flexibility index (Phi) is 9.52. The Morgan fingerprint density at radius 2 is 1.83 bits per heavy atom. The van der Waals surface area contributed by atoms with Crippen LogP contribution in [0.5, 0.6) is 0 Å². The highest BCUT2D eigenvalue weighted by molar-refractivity contribution is 5.80. The molecule has 1 aliphatic heterocycles. The molecule has 0 saturated carbocycles. The summed E-state index contributed by atoms with van der Waals surface area (Å²) in [5.74, 6) is 0.943. The van der Waals surface area contributed by atoms with Gasteiger partial charge in [0.05, 0.1) is 13.2 Å². The van der Waals surface area contributed by atoms with Gasteiger partial charge in [0, 0.05) is 45.3 Å². The lowest BCUT2D eigenvalue weighted by atomic mass is 10.2. The largest absolute Gasteiger partial charge is 0.450 e. The highest BCUT2D eigenvalue weighted by Gasteiger charge is 2.23. The summed E-state index contributed by atoms with van der Waals surface area (Å²) < 4.78 is 5.07. The SMILES string of the molecule is CCNC(=NCCN(C)C(C)CC)N1CCN(C(=O)OCC)CC1. The summed E-state index contributed by atoms with van der Waals surface area (Å²) in [7, 11) is 2.15. The van der Waals surface area contributed by atoms with Crippen molar-refractivity contribution in [1.82, 2.24) is 20.0 Å². The molecule has 1 fully saturated rings. The molecular weight excluding hydrogens is 306 g/mol. The van der Waals surface area contributed by atoms with Gasteiger partial charge in [-0.05, 0) is 34.2 Å². The molecule has 1 unspecified atom stereocenters. The number of guanidine groups is 1. The van der Waals surface area contributed by atoms with Crippen molar-refractivity contribution in [3.63, 3.8) is 0 Å². The Morgan fingerprint density at radius 3 is 2.38 bits per heavy atom. The second kappa shape index (κ2) is 11.1. The maximum absolute atomic E-state index is 11.8. The second-order valence-electron chi connectivity index (χ2n) is 6.15. The van der Waals surface area contributed by atoms with Crippen LogP contribution in [0.15, 0.2) is 4.99 Å². The summed E-state index contributed by atoms with van der Waals surface area (Å²) >= 11 is 0. The number of carbonyl (C=O) groups excluding carboxylic acids is 1. The van der Waals surface area contributed by atoms with Crippen LogP contribution in [-0.4, -0.2) is 92.3 Å². The minimum absolute atomic E-state index is 0.214. The van der Waals surface area contributed by atoms with Gasteiger partial charge in [-0.3, -0.25) is 4.99 Å². The van der Waals surface area contributed by atoms with Gasteiger partial charge >= 0.3 is 6.09 Å². The third kappa shape index (κ3) is 6.55. The first-order valence-electron chi connectivity index (χ1n) is 9.18. The zero-order chi connectivity index (χ0) is 17.9. The number of rotatable bonds is 7. The molecule has 1 saturated heterocycles. The molecule has 0 radical (unpaired) electrons. The van der Waals surface area contributed by atoms with Crippen LogP contribution in [0.1, 0.15) is 34.1 Å². The third-order valence-corrected chi connectivity index (χ3v) is 4.50. The quantitative estimate of drug-likeness (QED) is 0.561. The summed E-state index contributed by atoms with van der Waals surface area (Å²) in [6, 6.07) is 0.580. The van der Waals surface area contributed by atoms with E-state index in [-0.39, 0.29) is 6.09 Å². The highest BCUT2D eigenvalue weighted by atomic mass is 16.6. The minimum atomic E-state index is -0.214. The van der Waals surface area contributed by atoms with Crippen molar-refractivity contribution >= 4 is 12.1 Å². The van der Waals surface area contributed by atoms with Crippen molar-refractivity contribution in [1.29, 1.82) is 0 Å². The fraction of sp³-hybridized carbons (Fsp3) is 0.882.